The fraction of sp³-hybridized carbons (Fsp3) is 0.412. The SMILES string of the molecule is CCn1ccc2c(OCC(=O)N3CCOCC3)cccc2c1=O. The minimum absolute atomic E-state index is 0.0318. The molecule has 1 aliphatic rings. The van der Waals surface area contributed by atoms with Gasteiger partial charge in [0.2, 0.25) is 0 Å². The van der Waals surface area contributed by atoms with Gasteiger partial charge in [0.05, 0.1) is 18.6 Å². The van der Waals surface area contributed by atoms with Crippen molar-refractivity contribution in [3.8, 4) is 5.75 Å². The van der Waals surface area contributed by atoms with E-state index in [-0.39, 0.29) is 18.1 Å². The first kappa shape index (κ1) is 15.6. The van der Waals surface area contributed by atoms with E-state index in [4.69, 9.17) is 9.47 Å². The Balaban J connectivity index is 1.79. The molecule has 0 atom stereocenters. The number of pyridine rings is 1. The van der Waals surface area contributed by atoms with Crippen LogP contribution in [0.25, 0.3) is 10.8 Å². The van der Waals surface area contributed by atoms with Crippen LogP contribution in [0.2, 0.25) is 0 Å². The van der Waals surface area contributed by atoms with E-state index in [1.807, 2.05) is 13.0 Å². The maximum Gasteiger partial charge on any atom is 0.260 e. The van der Waals surface area contributed by atoms with Crippen molar-refractivity contribution >= 4 is 16.7 Å². The molecular formula is C17H20N2O4. The first-order chi connectivity index (χ1) is 11.2. The molecule has 23 heavy (non-hydrogen) atoms. The van der Waals surface area contributed by atoms with Crippen LogP contribution in [0.15, 0.2) is 35.3 Å². The standard InChI is InChI=1S/C17H20N2O4/c1-2-18-7-6-13-14(17(18)21)4-3-5-15(13)23-12-16(20)19-8-10-22-11-9-19/h3-7H,2,8-12H2,1H3. The number of aromatic nitrogens is 1. The second-order valence-electron chi connectivity index (χ2n) is 5.41. The Morgan fingerprint density at radius 3 is 2.74 bits per heavy atom. The number of carbonyl (C=O) groups excluding carboxylic acids is 1. The van der Waals surface area contributed by atoms with Crippen LogP contribution in [0.4, 0.5) is 0 Å². The quantitative estimate of drug-likeness (QED) is 0.852. The van der Waals surface area contributed by atoms with Gasteiger partial charge in [-0.2, -0.15) is 0 Å². The lowest BCUT2D eigenvalue weighted by Crippen LogP contribution is -2.43. The van der Waals surface area contributed by atoms with Gasteiger partial charge in [-0.3, -0.25) is 9.59 Å². The molecule has 1 aliphatic heterocycles. The van der Waals surface area contributed by atoms with Crippen LogP contribution in [-0.2, 0) is 16.1 Å². The van der Waals surface area contributed by atoms with Crippen molar-refractivity contribution in [2.75, 3.05) is 32.9 Å². The Morgan fingerprint density at radius 1 is 1.22 bits per heavy atom. The molecule has 122 valence electrons. The molecule has 0 spiro atoms. The highest BCUT2D eigenvalue weighted by Gasteiger charge is 2.17. The van der Waals surface area contributed by atoms with E-state index in [1.165, 1.54) is 0 Å². The molecule has 2 aromatic rings. The van der Waals surface area contributed by atoms with Crippen molar-refractivity contribution in [1.82, 2.24) is 9.47 Å². The number of carbonyl (C=O) groups is 1. The van der Waals surface area contributed by atoms with Gasteiger partial charge in [-0.05, 0) is 25.1 Å². The summed E-state index contributed by atoms with van der Waals surface area (Å²) in [6, 6.07) is 7.19. The van der Waals surface area contributed by atoms with Gasteiger partial charge in [0.25, 0.3) is 11.5 Å². The van der Waals surface area contributed by atoms with Crippen molar-refractivity contribution in [2.45, 2.75) is 13.5 Å². The Morgan fingerprint density at radius 2 is 2.00 bits per heavy atom. The van der Waals surface area contributed by atoms with Crippen LogP contribution in [0.1, 0.15) is 6.92 Å². The van der Waals surface area contributed by atoms with Crippen molar-refractivity contribution in [2.24, 2.45) is 0 Å². The van der Waals surface area contributed by atoms with Crippen molar-refractivity contribution in [1.29, 1.82) is 0 Å². The molecule has 0 bridgehead atoms. The van der Waals surface area contributed by atoms with Crippen LogP contribution in [-0.4, -0.2) is 48.3 Å². The summed E-state index contributed by atoms with van der Waals surface area (Å²) in [5.74, 6) is 0.497. The molecule has 1 amide bonds. The highest BCUT2D eigenvalue weighted by molar-refractivity contribution is 5.88. The van der Waals surface area contributed by atoms with E-state index in [2.05, 4.69) is 0 Å². The van der Waals surface area contributed by atoms with Crippen LogP contribution in [0.3, 0.4) is 0 Å². The smallest absolute Gasteiger partial charge is 0.260 e. The minimum Gasteiger partial charge on any atom is -0.483 e. The number of nitrogens with zero attached hydrogens (tertiary/aromatic N) is 2. The number of rotatable bonds is 4. The van der Waals surface area contributed by atoms with Crippen molar-refractivity contribution < 1.29 is 14.3 Å². The number of aryl methyl sites for hydroxylation is 1. The van der Waals surface area contributed by atoms with E-state index in [0.717, 1.165) is 5.39 Å². The van der Waals surface area contributed by atoms with Gasteiger partial charge in [-0.25, -0.2) is 0 Å². The lowest BCUT2D eigenvalue weighted by Gasteiger charge is -2.26. The zero-order chi connectivity index (χ0) is 16.2. The highest BCUT2D eigenvalue weighted by Crippen LogP contribution is 2.23. The molecule has 6 nitrogen and oxygen atoms in total. The fourth-order valence-electron chi connectivity index (χ4n) is 2.71. The lowest BCUT2D eigenvalue weighted by molar-refractivity contribution is -0.137. The third-order valence-electron chi connectivity index (χ3n) is 4.03. The molecule has 2 heterocycles. The van der Waals surface area contributed by atoms with E-state index in [0.29, 0.717) is 44.0 Å². The zero-order valence-electron chi connectivity index (χ0n) is 13.2. The number of morpholine rings is 1. The van der Waals surface area contributed by atoms with Gasteiger partial charge in [-0.1, -0.05) is 6.07 Å². The molecule has 0 unspecified atom stereocenters. The molecule has 1 aromatic heterocycles. The maximum absolute atomic E-state index is 12.3. The predicted molar refractivity (Wildman–Crippen MR) is 86.8 cm³/mol. The zero-order valence-corrected chi connectivity index (χ0v) is 13.2. The Kier molecular flexibility index (Phi) is 4.62. The second-order valence-corrected chi connectivity index (χ2v) is 5.41. The summed E-state index contributed by atoms with van der Waals surface area (Å²) < 4.78 is 12.6. The van der Waals surface area contributed by atoms with E-state index < -0.39 is 0 Å². The molecule has 0 aliphatic carbocycles. The van der Waals surface area contributed by atoms with Crippen molar-refractivity contribution in [3.05, 3.63) is 40.8 Å². The molecule has 1 saturated heterocycles. The predicted octanol–water partition coefficient (Wildman–Crippen LogP) is 1.26. The first-order valence-corrected chi connectivity index (χ1v) is 7.81. The largest absolute Gasteiger partial charge is 0.483 e. The summed E-state index contributed by atoms with van der Waals surface area (Å²) in [5, 5.41) is 1.34. The summed E-state index contributed by atoms with van der Waals surface area (Å²) >= 11 is 0. The second kappa shape index (κ2) is 6.83. The topological polar surface area (TPSA) is 60.8 Å². The summed E-state index contributed by atoms with van der Waals surface area (Å²) in [7, 11) is 0. The van der Waals surface area contributed by atoms with Crippen molar-refractivity contribution in [3.63, 3.8) is 0 Å². The number of ether oxygens (including phenoxy) is 2. The van der Waals surface area contributed by atoms with Crippen LogP contribution in [0, 0.1) is 0 Å². The number of hydrogen-bond donors (Lipinski definition) is 0. The number of amides is 1. The molecule has 0 radical (unpaired) electrons. The van der Waals surface area contributed by atoms with E-state index in [9.17, 15) is 9.59 Å². The summed E-state index contributed by atoms with van der Waals surface area (Å²) in [5.41, 5.74) is -0.0463. The Bertz CT molecular complexity index is 763. The average Bonchev–Trinajstić information content (AvgIpc) is 2.61. The summed E-state index contributed by atoms with van der Waals surface area (Å²) in [4.78, 5) is 26.2. The monoisotopic (exact) mass is 316 g/mol. The molecule has 1 fully saturated rings. The summed E-state index contributed by atoms with van der Waals surface area (Å²) in [6.07, 6.45) is 1.75. The van der Waals surface area contributed by atoms with Gasteiger partial charge >= 0.3 is 0 Å². The Hall–Kier alpha value is -2.34. The summed E-state index contributed by atoms with van der Waals surface area (Å²) in [6.45, 7) is 4.84. The number of fused-ring (bicyclic) bond motifs is 1. The molecule has 1 aromatic carbocycles. The molecular weight excluding hydrogens is 296 g/mol. The van der Waals surface area contributed by atoms with Gasteiger partial charge in [0, 0.05) is 31.2 Å². The lowest BCUT2D eigenvalue weighted by atomic mass is 10.1. The maximum atomic E-state index is 12.3. The van der Waals surface area contributed by atoms with Gasteiger partial charge in [-0.15, -0.1) is 0 Å². The number of hydrogen-bond acceptors (Lipinski definition) is 4. The van der Waals surface area contributed by atoms with Crippen LogP contribution in [0.5, 0.6) is 5.75 Å². The molecule has 0 saturated carbocycles. The van der Waals surface area contributed by atoms with Crippen LogP contribution >= 0.6 is 0 Å². The fourth-order valence-corrected chi connectivity index (χ4v) is 2.71. The van der Waals surface area contributed by atoms with E-state index >= 15 is 0 Å². The molecule has 0 N–H and O–H groups in total. The van der Waals surface area contributed by atoms with E-state index in [1.54, 1.807) is 33.9 Å². The molecule has 3 rings (SSSR count). The first-order valence-electron chi connectivity index (χ1n) is 7.81. The molecule has 6 heteroatoms. The van der Waals surface area contributed by atoms with Gasteiger partial charge < -0.3 is 18.9 Å². The average molecular weight is 316 g/mol. The Labute approximate surface area is 134 Å². The minimum atomic E-state index is -0.0628. The van der Waals surface area contributed by atoms with Gasteiger partial charge in [0.15, 0.2) is 6.61 Å². The van der Waals surface area contributed by atoms with Gasteiger partial charge in [0.1, 0.15) is 5.75 Å². The normalized spacial score (nSPS) is 14.9. The number of benzene rings is 1. The third-order valence-corrected chi connectivity index (χ3v) is 4.03. The third kappa shape index (κ3) is 3.22. The van der Waals surface area contributed by atoms with Crippen LogP contribution < -0.4 is 10.3 Å². The highest BCUT2D eigenvalue weighted by atomic mass is 16.5.